The van der Waals surface area contributed by atoms with E-state index >= 15 is 0 Å². The Balaban J connectivity index is 1.92. The number of nitrogens with one attached hydrogen (secondary N) is 1. The number of rotatable bonds is 2. The predicted octanol–water partition coefficient (Wildman–Crippen LogP) is 3.04. The van der Waals surface area contributed by atoms with Crippen LogP contribution in [0, 0.1) is 0 Å². The molecule has 0 saturated heterocycles. The molecule has 1 atom stereocenters. The number of hydrogen-bond acceptors (Lipinski definition) is 2. The van der Waals surface area contributed by atoms with Gasteiger partial charge in [0.15, 0.2) is 0 Å². The summed E-state index contributed by atoms with van der Waals surface area (Å²) in [6.45, 7) is 0. The van der Waals surface area contributed by atoms with Crippen LogP contribution in [0.25, 0.3) is 0 Å². The first kappa shape index (κ1) is 12.9. The second-order valence-electron chi connectivity index (χ2n) is 5.13. The van der Waals surface area contributed by atoms with Gasteiger partial charge in [-0.2, -0.15) is 0 Å². The molecule has 3 nitrogen and oxygen atoms in total. The van der Waals surface area contributed by atoms with Crippen LogP contribution >= 0.6 is 0 Å². The van der Waals surface area contributed by atoms with Crippen LogP contribution in [0.2, 0.25) is 0 Å². The van der Waals surface area contributed by atoms with Crippen LogP contribution < -0.4 is 5.32 Å². The lowest BCUT2D eigenvalue weighted by Gasteiger charge is -2.14. The smallest absolute Gasteiger partial charge is 0.224 e. The third kappa shape index (κ3) is 2.58. The van der Waals surface area contributed by atoms with Crippen molar-refractivity contribution in [2.24, 2.45) is 0 Å². The van der Waals surface area contributed by atoms with Crippen LogP contribution in [-0.4, -0.2) is 11.0 Å². The SMILES string of the molecule is O=C1CCCc2cc(C(O)c3ccccc3)ccc2N1. The molecule has 20 heavy (non-hydrogen) atoms. The van der Waals surface area contributed by atoms with Gasteiger partial charge < -0.3 is 10.4 Å². The number of hydrogen-bond donors (Lipinski definition) is 2. The van der Waals surface area contributed by atoms with Crippen LogP contribution in [-0.2, 0) is 11.2 Å². The monoisotopic (exact) mass is 267 g/mol. The molecule has 0 fully saturated rings. The summed E-state index contributed by atoms with van der Waals surface area (Å²) in [5, 5.41) is 13.3. The van der Waals surface area contributed by atoms with Crippen molar-refractivity contribution in [3.8, 4) is 0 Å². The number of benzene rings is 2. The Morgan fingerprint density at radius 1 is 1.00 bits per heavy atom. The third-order valence-electron chi connectivity index (χ3n) is 3.68. The van der Waals surface area contributed by atoms with Crippen molar-refractivity contribution >= 4 is 11.6 Å². The van der Waals surface area contributed by atoms with E-state index in [1.807, 2.05) is 48.5 Å². The second-order valence-corrected chi connectivity index (χ2v) is 5.13. The van der Waals surface area contributed by atoms with Crippen LogP contribution in [0.5, 0.6) is 0 Å². The lowest BCUT2D eigenvalue weighted by atomic mass is 9.97. The van der Waals surface area contributed by atoms with Gasteiger partial charge in [-0.05, 0) is 35.6 Å². The maximum absolute atomic E-state index is 11.5. The number of fused-ring (bicyclic) bond motifs is 1. The summed E-state index contributed by atoms with van der Waals surface area (Å²) in [5.74, 6) is 0.0695. The molecule has 1 heterocycles. The second kappa shape index (κ2) is 5.47. The van der Waals surface area contributed by atoms with Crippen molar-refractivity contribution in [1.82, 2.24) is 0 Å². The van der Waals surface area contributed by atoms with E-state index in [4.69, 9.17) is 0 Å². The predicted molar refractivity (Wildman–Crippen MR) is 78.5 cm³/mol. The van der Waals surface area contributed by atoms with Crippen LogP contribution in [0.3, 0.4) is 0 Å². The van der Waals surface area contributed by atoms with Gasteiger partial charge in [0.1, 0.15) is 6.10 Å². The lowest BCUT2D eigenvalue weighted by Crippen LogP contribution is -2.09. The number of aryl methyl sites for hydroxylation is 1. The van der Waals surface area contributed by atoms with Gasteiger partial charge in [-0.3, -0.25) is 4.79 Å². The maximum atomic E-state index is 11.5. The van der Waals surface area contributed by atoms with E-state index in [9.17, 15) is 9.90 Å². The molecule has 0 spiro atoms. The summed E-state index contributed by atoms with van der Waals surface area (Å²) >= 11 is 0. The molecule has 3 heteroatoms. The number of aliphatic hydroxyl groups is 1. The normalized spacial score (nSPS) is 15.9. The minimum absolute atomic E-state index is 0.0695. The Kier molecular flexibility index (Phi) is 3.52. The van der Waals surface area contributed by atoms with E-state index in [0.717, 1.165) is 35.2 Å². The first-order chi connectivity index (χ1) is 9.74. The zero-order valence-electron chi connectivity index (χ0n) is 11.2. The number of aliphatic hydroxyl groups excluding tert-OH is 1. The Bertz CT molecular complexity index is 622. The summed E-state index contributed by atoms with van der Waals surface area (Å²) in [7, 11) is 0. The van der Waals surface area contributed by atoms with E-state index in [2.05, 4.69) is 5.32 Å². The molecule has 0 aliphatic carbocycles. The molecule has 2 aromatic rings. The summed E-state index contributed by atoms with van der Waals surface area (Å²) in [6, 6.07) is 15.4. The van der Waals surface area contributed by atoms with E-state index in [0.29, 0.717) is 6.42 Å². The van der Waals surface area contributed by atoms with Crippen molar-refractivity contribution in [2.75, 3.05) is 5.32 Å². The van der Waals surface area contributed by atoms with Crippen molar-refractivity contribution in [1.29, 1.82) is 0 Å². The molecule has 3 rings (SSSR count). The zero-order valence-corrected chi connectivity index (χ0v) is 11.2. The molecular formula is C17H17NO2. The standard InChI is InChI=1S/C17H17NO2/c19-16-8-4-7-13-11-14(9-10-15(13)18-16)17(20)12-5-2-1-3-6-12/h1-3,5-6,9-11,17,20H,4,7-8H2,(H,18,19). The van der Waals surface area contributed by atoms with Gasteiger partial charge in [0.25, 0.3) is 0 Å². The fourth-order valence-corrected chi connectivity index (χ4v) is 2.59. The Morgan fingerprint density at radius 3 is 2.60 bits per heavy atom. The number of carbonyl (C=O) groups is 1. The maximum Gasteiger partial charge on any atom is 0.224 e. The van der Waals surface area contributed by atoms with E-state index in [1.54, 1.807) is 0 Å². The minimum atomic E-state index is -0.625. The Hall–Kier alpha value is -2.13. The molecule has 0 saturated carbocycles. The molecule has 0 radical (unpaired) electrons. The van der Waals surface area contributed by atoms with E-state index in [-0.39, 0.29) is 5.91 Å². The van der Waals surface area contributed by atoms with Crippen LogP contribution in [0.1, 0.15) is 35.6 Å². The molecule has 0 aromatic heterocycles. The zero-order chi connectivity index (χ0) is 13.9. The molecule has 1 aliphatic heterocycles. The summed E-state index contributed by atoms with van der Waals surface area (Å²) in [5.41, 5.74) is 3.72. The van der Waals surface area contributed by atoms with Crippen LogP contribution in [0.4, 0.5) is 5.69 Å². The highest BCUT2D eigenvalue weighted by atomic mass is 16.3. The Labute approximate surface area is 118 Å². The van der Waals surface area contributed by atoms with Crippen molar-refractivity contribution in [3.05, 3.63) is 65.2 Å². The largest absolute Gasteiger partial charge is 0.384 e. The van der Waals surface area contributed by atoms with Gasteiger partial charge in [0, 0.05) is 12.1 Å². The average molecular weight is 267 g/mol. The first-order valence-electron chi connectivity index (χ1n) is 6.90. The van der Waals surface area contributed by atoms with Crippen LogP contribution in [0.15, 0.2) is 48.5 Å². The highest BCUT2D eigenvalue weighted by Gasteiger charge is 2.16. The van der Waals surface area contributed by atoms with Gasteiger partial charge >= 0.3 is 0 Å². The number of carbonyl (C=O) groups excluding carboxylic acids is 1. The first-order valence-corrected chi connectivity index (χ1v) is 6.90. The van der Waals surface area contributed by atoms with Gasteiger partial charge in [0.2, 0.25) is 5.91 Å². The number of amides is 1. The van der Waals surface area contributed by atoms with Gasteiger partial charge in [-0.25, -0.2) is 0 Å². The fourth-order valence-electron chi connectivity index (χ4n) is 2.59. The summed E-state index contributed by atoms with van der Waals surface area (Å²) in [4.78, 5) is 11.5. The molecule has 1 amide bonds. The quantitative estimate of drug-likeness (QED) is 0.878. The molecule has 0 bridgehead atoms. The molecule has 2 aromatic carbocycles. The van der Waals surface area contributed by atoms with Gasteiger partial charge in [-0.1, -0.05) is 42.5 Å². The average Bonchev–Trinajstić information content (AvgIpc) is 2.67. The Morgan fingerprint density at radius 2 is 1.80 bits per heavy atom. The minimum Gasteiger partial charge on any atom is -0.384 e. The molecule has 102 valence electrons. The molecule has 2 N–H and O–H groups in total. The van der Waals surface area contributed by atoms with E-state index in [1.165, 1.54) is 0 Å². The summed E-state index contributed by atoms with van der Waals surface area (Å²) in [6.07, 6.45) is 1.65. The van der Waals surface area contributed by atoms with Gasteiger partial charge in [-0.15, -0.1) is 0 Å². The van der Waals surface area contributed by atoms with Crippen molar-refractivity contribution < 1.29 is 9.90 Å². The topological polar surface area (TPSA) is 49.3 Å². The van der Waals surface area contributed by atoms with E-state index < -0.39 is 6.10 Å². The fraction of sp³-hybridized carbons (Fsp3) is 0.235. The number of anilines is 1. The molecular weight excluding hydrogens is 250 g/mol. The highest BCUT2D eigenvalue weighted by molar-refractivity contribution is 5.92. The highest BCUT2D eigenvalue weighted by Crippen LogP contribution is 2.28. The van der Waals surface area contributed by atoms with Crippen molar-refractivity contribution in [2.45, 2.75) is 25.4 Å². The molecule has 1 aliphatic rings. The lowest BCUT2D eigenvalue weighted by molar-refractivity contribution is -0.116. The van der Waals surface area contributed by atoms with Gasteiger partial charge in [0.05, 0.1) is 0 Å². The third-order valence-corrected chi connectivity index (χ3v) is 3.68. The molecule has 1 unspecified atom stereocenters. The van der Waals surface area contributed by atoms with Crippen molar-refractivity contribution in [3.63, 3.8) is 0 Å². The summed E-state index contributed by atoms with van der Waals surface area (Å²) < 4.78 is 0.